The number of hydrogen-bond acceptors (Lipinski definition) is 2. The van der Waals surface area contributed by atoms with E-state index in [9.17, 15) is 4.79 Å². The van der Waals surface area contributed by atoms with Crippen LogP contribution in [0.15, 0.2) is 11.1 Å². The van der Waals surface area contributed by atoms with E-state index in [-0.39, 0.29) is 0 Å². The van der Waals surface area contributed by atoms with Crippen LogP contribution in [0.2, 0.25) is 0 Å². The van der Waals surface area contributed by atoms with Crippen LogP contribution in [0.25, 0.3) is 0 Å². The van der Waals surface area contributed by atoms with Crippen LogP contribution in [-0.2, 0) is 4.79 Å². The zero-order valence-corrected chi connectivity index (χ0v) is 6.55. The van der Waals surface area contributed by atoms with Crippen LogP contribution in [-0.4, -0.2) is 31.3 Å². The van der Waals surface area contributed by atoms with Gasteiger partial charge in [-0.3, -0.25) is 4.79 Å². The van der Waals surface area contributed by atoms with Gasteiger partial charge in [0.2, 0.25) is 0 Å². The van der Waals surface area contributed by atoms with E-state index < -0.39 is 0 Å². The smallest absolute Gasteiger partial charge is 0.147 e. The van der Waals surface area contributed by atoms with Crippen LogP contribution in [0.4, 0.5) is 0 Å². The molecule has 2 nitrogen and oxygen atoms in total. The lowest BCUT2D eigenvalue weighted by atomic mass is 10.0. The molecular weight excluding hydrogens is 126 g/mol. The van der Waals surface area contributed by atoms with Crippen molar-refractivity contribution in [3.05, 3.63) is 11.1 Å². The SMILES string of the molecule is CC1=C(C=O)CN(C)CC1. The first kappa shape index (κ1) is 7.48. The molecule has 2 heteroatoms. The second-order valence-electron chi connectivity index (χ2n) is 2.91. The molecule has 1 heterocycles. The molecule has 0 spiro atoms. The minimum absolute atomic E-state index is 0.829. The number of carbonyl (C=O) groups excluding carboxylic acids is 1. The summed E-state index contributed by atoms with van der Waals surface area (Å²) in [7, 11) is 2.04. The normalized spacial score (nSPS) is 21.4. The Bertz CT molecular complexity index is 172. The van der Waals surface area contributed by atoms with E-state index in [1.54, 1.807) is 0 Å². The van der Waals surface area contributed by atoms with Gasteiger partial charge in [0, 0.05) is 18.7 Å². The predicted octanol–water partition coefficient (Wildman–Crippen LogP) is 0.837. The van der Waals surface area contributed by atoms with Crippen molar-refractivity contribution in [2.75, 3.05) is 20.1 Å². The summed E-state index contributed by atoms with van der Waals surface area (Å²) >= 11 is 0. The summed E-state index contributed by atoms with van der Waals surface area (Å²) in [6.07, 6.45) is 2.02. The number of rotatable bonds is 1. The van der Waals surface area contributed by atoms with Gasteiger partial charge in [-0.2, -0.15) is 0 Å². The summed E-state index contributed by atoms with van der Waals surface area (Å²) in [4.78, 5) is 12.6. The Balaban J connectivity index is 2.71. The van der Waals surface area contributed by atoms with Crippen LogP contribution in [0.1, 0.15) is 13.3 Å². The van der Waals surface area contributed by atoms with Crippen molar-refractivity contribution in [3.63, 3.8) is 0 Å². The number of aldehydes is 1. The molecule has 0 saturated heterocycles. The Morgan fingerprint density at radius 1 is 1.60 bits per heavy atom. The first-order chi connectivity index (χ1) is 4.74. The Labute approximate surface area is 61.5 Å². The van der Waals surface area contributed by atoms with E-state index in [2.05, 4.69) is 4.90 Å². The standard InChI is InChI=1S/C8H13NO/c1-7-3-4-9(2)5-8(7)6-10/h6H,3-5H2,1-2H3. The number of carbonyl (C=O) groups is 1. The first-order valence-electron chi connectivity index (χ1n) is 3.56. The van der Waals surface area contributed by atoms with Gasteiger partial charge in [0.05, 0.1) is 0 Å². The Morgan fingerprint density at radius 2 is 2.30 bits per heavy atom. The van der Waals surface area contributed by atoms with E-state index in [0.29, 0.717) is 0 Å². The number of likely N-dealkylation sites (N-methyl/N-ethyl adjacent to an activating group) is 1. The lowest BCUT2D eigenvalue weighted by molar-refractivity contribution is -0.105. The van der Waals surface area contributed by atoms with Gasteiger partial charge in [-0.1, -0.05) is 5.57 Å². The second-order valence-corrected chi connectivity index (χ2v) is 2.91. The van der Waals surface area contributed by atoms with Crippen molar-refractivity contribution < 1.29 is 4.79 Å². The molecule has 1 aliphatic rings. The topological polar surface area (TPSA) is 20.3 Å². The summed E-state index contributed by atoms with van der Waals surface area (Å²) in [6.45, 7) is 3.95. The molecule has 0 aromatic carbocycles. The van der Waals surface area contributed by atoms with Gasteiger partial charge in [0.25, 0.3) is 0 Å². The molecule has 0 radical (unpaired) electrons. The van der Waals surface area contributed by atoms with Gasteiger partial charge in [-0.05, 0) is 20.4 Å². The van der Waals surface area contributed by atoms with Crippen molar-refractivity contribution in [1.82, 2.24) is 4.90 Å². The molecule has 1 rings (SSSR count). The average Bonchev–Trinajstić information content (AvgIpc) is 1.94. The van der Waals surface area contributed by atoms with Gasteiger partial charge in [-0.15, -0.1) is 0 Å². The molecule has 0 fully saturated rings. The average molecular weight is 139 g/mol. The van der Waals surface area contributed by atoms with E-state index in [1.807, 2.05) is 14.0 Å². The largest absolute Gasteiger partial charge is 0.302 e. The Hall–Kier alpha value is -0.630. The summed E-state index contributed by atoms with van der Waals surface area (Å²) in [5.41, 5.74) is 2.22. The van der Waals surface area contributed by atoms with Crippen molar-refractivity contribution in [2.45, 2.75) is 13.3 Å². The van der Waals surface area contributed by atoms with E-state index in [0.717, 1.165) is 31.4 Å². The lowest BCUT2D eigenvalue weighted by Crippen LogP contribution is -2.27. The summed E-state index contributed by atoms with van der Waals surface area (Å²) in [6, 6.07) is 0. The summed E-state index contributed by atoms with van der Waals surface area (Å²) in [5, 5.41) is 0. The maximum absolute atomic E-state index is 10.4. The fraction of sp³-hybridized carbons (Fsp3) is 0.625. The quantitative estimate of drug-likeness (QED) is 0.502. The van der Waals surface area contributed by atoms with Crippen molar-refractivity contribution >= 4 is 6.29 Å². The third-order valence-corrected chi connectivity index (χ3v) is 2.00. The van der Waals surface area contributed by atoms with Crippen LogP contribution in [0.5, 0.6) is 0 Å². The van der Waals surface area contributed by atoms with Crippen molar-refractivity contribution in [2.24, 2.45) is 0 Å². The van der Waals surface area contributed by atoms with Gasteiger partial charge >= 0.3 is 0 Å². The van der Waals surface area contributed by atoms with E-state index in [1.165, 1.54) is 5.57 Å². The van der Waals surface area contributed by atoms with Gasteiger partial charge in [0.1, 0.15) is 6.29 Å². The molecule has 10 heavy (non-hydrogen) atoms. The highest BCUT2D eigenvalue weighted by Gasteiger charge is 2.11. The highest BCUT2D eigenvalue weighted by Crippen LogP contribution is 2.13. The summed E-state index contributed by atoms with van der Waals surface area (Å²) in [5.74, 6) is 0. The molecule has 0 bridgehead atoms. The zero-order valence-electron chi connectivity index (χ0n) is 6.55. The van der Waals surface area contributed by atoms with Gasteiger partial charge < -0.3 is 4.90 Å². The minimum Gasteiger partial charge on any atom is -0.302 e. The first-order valence-corrected chi connectivity index (χ1v) is 3.56. The predicted molar refractivity (Wildman–Crippen MR) is 40.9 cm³/mol. The number of hydrogen-bond donors (Lipinski definition) is 0. The summed E-state index contributed by atoms with van der Waals surface area (Å²) < 4.78 is 0. The highest BCUT2D eigenvalue weighted by molar-refractivity contribution is 5.75. The molecule has 56 valence electrons. The van der Waals surface area contributed by atoms with Crippen LogP contribution in [0.3, 0.4) is 0 Å². The maximum Gasteiger partial charge on any atom is 0.147 e. The maximum atomic E-state index is 10.4. The van der Waals surface area contributed by atoms with E-state index in [4.69, 9.17) is 0 Å². The third kappa shape index (κ3) is 1.45. The van der Waals surface area contributed by atoms with Crippen molar-refractivity contribution in [3.8, 4) is 0 Å². The van der Waals surface area contributed by atoms with Gasteiger partial charge in [-0.25, -0.2) is 0 Å². The molecule has 0 amide bonds. The molecule has 0 atom stereocenters. The second kappa shape index (κ2) is 2.97. The van der Waals surface area contributed by atoms with Crippen molar-refractivity contribution in [1.29, 1.82) is 0 Å². The fourth-order valence-electron chi connectivity index (χ4n) is 1.16. The molecule has 0 aliphatic carbocycles. The molecular formula is C8H13NO. The highest BCUT2D eigenvalue weighted by atomic mass is 16.1. The fourth-order valence-corrected chi connectivity index (χ4v) is 1.16. The van der Waals surface area contributed by atoms with E-state index >= 15 is 0 Å². The Kier molecular flexibility index (Phi) is 2.22. The molecule has 0 aromatic rings. The molecule has 0 saturated carbocycles. The molecule has 0 unspecified atom stereocenters. The Morgan fingerprint density at radius 3 is 2.80 bits per heavy atom. The third-order valence-electron chi connectivity index (χ3n) is 2.00. The molecule has 0 aromatic heterocycles. The molecule has 0 N–H and O–H groups in total. The monoisotopic (exact) mass is 139 g/mol. The lowest BCUT2D eigenvalue weighted by Gasteiger charge is -2.23. The van der Waals surface area contributed by atoms with Crippen LogP contribution < -0.4 is 0 Å². The molecule has 1 aliphatic heterocycles. The van der Waals surface area contributed by atoms with Crippen LogP contribution in [0, 0.1) is 0 Å². The minimum atomic E-state index is 0.829. The van der Waals surface area contributed by atoms with Gasteiger partial charge in [0.15, 0.2) is 0 Å². The number of nitrogens with zero attached hydrogens (tertiary/aromatic N) is 1. The zero-order chi connectivity index (χ0) is 7.56. The van der Waals surface area contributed by atoms with Crippen LogP contribution >= 0.6 is 0 Å².